The zero-order chi connectivity index (χ0) is 14.8. The van der Waals surface area contributed by atoms with Gasteiger partial charge in [0.2, 0.25) is 5.91 Å². The number of hydrogen-bond acceptors (Lipinski definition) is 2. The van der Waals surface area contributed by atoms with Crippen LogP contribution in [0.4, 0.5) is 5.69 Å². The summed E-state index contributed by atoms with van der Waals surface area (Å²) in [6.07, 6.45) is 0.741. The van der Waals surface area contributed by atoms with Gasteiger partial charge in [-0.15, -0.1) is 0 Å². The van der Waals surface area contributed by atoms with Crippen LogP contribution in [0.1, 0.15) is 24.1 Å². The maximum absolute atomic E-state index is 12.4. The molecule has 2 aromatic carbocycles. The lowest BCUT2D eigenvalue weighted by Gasteiger charge is -2.19. The molecule has 0 bridgehead atoms. The summed E-state index contributed by atoms with van der Waals surface area (Å²) < 4.78 is 1.01. The predicted molar refractivity (Wildman–Crippen MR) is 88.3 cm³/mol. The minimum absolute atomic E-state index is 0.0291. The van der Waals surface area contributed by atoms with Gasteiger partial charge in [0.25, 0.3) is 0 Å². The number of hydrogen-bond donors (Lipinski definition) is 2. The molecule has 0 fully saturated rings. The maximum Gasteiger partial charge on any atom is 0.243 e. The highest BCUT2D eigenvalue weighted by molar-refractivity contribution is 9.10. The molecule has 21 heavy (non-hydrogen) atoms. The number of nitrogens with one attached hydrogen (secondary N) is 2. The molecule has 1 aliphatic rings. The fourth-order valence-electron chi connectivity index (χ4n) is 2.67. The molecule has 0 aliphatic carbocycles. The number of fused-ring (bicyclic) bond motifs is 1. The van der Waals surface area contributed by atoms with Crippen LogP contribution in [0.15, 0.2) is 53.0 Å². The lowest BCUT2D eigenvalue weighted by atomic mass is 10.1. The van der Waals surface area contributed by atoms with Gasteiger partial charge in [-0.3, -0.25) is 4.79 Å². The van der Waals surface area contributed by atoms with Crippen LogP contribution in [-0.4, -0.2) is 11.9 Å². The molecule has 1 aliphatic heterocycles. The second-order valence-corrected chi connectivity index (χ2v) is 6.16. The molecule has 0 aromatic heterocycles. The standard InChI is InChI=1S/C17H17BrN2O/c1-11(13-7-3-4-8-14(13)18)19-17(21)16-10-12-6-2-5-9-15(12)20-16/h2-9,11,16,20H,10H2,1H3,(H,19,21)/t11-,16-/m0/s1. The average molecular weight is 345 g/mol. The summed E-state index contributed by atoms with van der Waals surface area (Å²) in [4.78, 5) is 12.4. The highest BCUT2D eigenvalue weighted by atomic mass is 79.9. The molecule has 0 radical (unpaired) electrons. The molecular formula is C17H17BrN2O. The number of carbonyl (C=O) groups is 1. The minimum Gasteiger partial charge on any atom is -0.373 e. The summed E-state index contributed by atoms with van der Waals surface area (Å²) in [6.45, 7) is 2.00. The van der Waals surface area contributed by atoms with Crippen molar-refractivity contribution >= 4 is 27.5 Å². The molecule has 2 atom stereocenters. The van der Waals surface area contributed by atoms with E-state index in [2.05, 4.69) is 32.6 Å². The van der Waals surface area contributed by atoms with Crippen molar-refractivity contribution in [2.45, 2.75) is 25.4 Å². The van der Waals surface area contributed by atoms with Gasteiger partial charge in [-0.05, 0) is 30.2 Å². The first-order chi connectivity index (χ1) is 10.1. The summed E-state index contributed by atoms with van der Waals surface area (Å²) in [5, 5.41) is 6.36. The van der Waals surface area contributed by atoms with Gasteiger partial charge < -0.3 is 10.6 Å². The van der Waals surface area contributed by atoms with Crippen LogP contribution in [0.3, 0.4) is 0 Å². The molecule has 2 aromatic rings. The first-order valence-electron chi connectivity index (χ1n) is 7.04. The Bertz CT molecular complexity index is 646. The van der Waals surface area contributed by atoms with Gasteiger partial charge in [0.15, 0.2) is 0 Å². The van der Waals surface area contributed by atoms with Crippen LogP contribution >= 0.6 is 15.9 Å². The quantitative estimate of drug-likeness (QED) is 0.891. The van der Waals surface area contributed by atoms with E-state index < -0.39 is 0 Å². The minimum atomic E-state index is -0.188. The van der Waals surface area contributed by atoms with Crippen molar-refractivity contribution in [2.75, 3.05) is 5.32 Å². The predicted octanol–water partition coefficient (Wildman–Crippen LogP) is 3.66. The van der Waals surface area contributed by atoms with Crippen LogP contribution in [0.5, 0.6) is 0 Å². The Morgan fingerprint density at radius 3 is 2.71 bits per heavy atom. The van der Waals surface area contributed by atoms with Gasteiger partial charge in [0.05, 0.1) is 6.04 Å². The van der Waals surface area contributed by atoms with Crippen molar-refractivity contribution in [2.24, 2.45) is 0 Å². The molecular weight excluding hydrogens is 328 g/mol. The topological polar surface area (TPSA) is 41.1 Å². The zero-order valence-corrected chi connectivity index (χ0v) is 13.4. The Hall–Kier alpha value is -1.81. The molecule has 108 valence electrons. The van der Waals surface area contributed by atoms with Crippen molar-refractivity contribution in [1.82, 2.24) is 5.32 Å². The van der Waals surface area contributed by atoms with Gasteiger partial charge in [-0.1, -0.05) is 52.3 Å². The first kappa shape index (κ1) is 14.1. The van der Waals surface area contributed by atoms with E-state index >= 15 is 0 Å². The smallest absolute Gasteiger partial charge is 0.243 e. The van der Waals surface area contributed by atoms with E-state index in [0.29, 0.717) is 0 Å². The van der Waals surface area contributed by atoms with E-state index in [9.17, 15) is 4.79 Å². The largest absolute Gasteiger partial charge is 0.373 e. The fraction of sp³-hybridized carbons (Fsp3) is 0.235. The number of halogens is 1. The Labute approximate surface area is 132 Å². The van der Waals surface area contributed by atoms with Crippen molar-refractivity contribution < 1.29 is 4.79 Å². The molecule has 0 saturated carbocycles. The number of amides is 1. The van der Waals surface area contributed by atoms with Crippen LogP contribution in [0.2, 0.25) is 0 Å². The van der Waals surface area contributed by atoms with E-state index in [1.807, 2.05) is 49.4 Å². The molecule has 0 saturated heterocycles. The Morgan fingerprint density at radius 1 is 1.24 bits per heavy atom. The van der Waals surface area contributed by atoms with Crippen LogP contribution in [-0.2, 0) is 11.2 Å². The fourth-order valence-corrected chi connectivity index (χ4v) is 3.30. The van der Waals surface area contributed by atoms with Crippen molar-refractivity contribution in [1.29, 1.82) is 0 Å². The van der Waals surface area contributed by atoms with Gasteiger partial charge in [-0.2, -0.15) is 0 Å². The van der Waals surface area contributed by atoms with Crippen LogP contribution in [0, 0.1) is 0 Å². The van der Waals surface area contributed by atoms with E-state index in [-0.39, 0.29) is 18.0 Å². The summed E-state index contributed by atoms with van der Waals surface area (Å²) >= 11 is 3.53. The number of benzene rings is 2. The second kappa shape index (κ2) is 5.90. The Kier molecular flexibility index (Phi) is 3.97. The monoisotopic (exact) mass is 344 g/mol. The highest BCUT2D eigenvalue weighted by Crippen LogP contribution is 2.26. The molecule has 1 amide bonds. The lowest BCUT2D eigenvalue weighted by Crippen LogP contribution is -2.39. The lowest BCUT2D eigenvalue weighted by molar-refractivity contribution is -0.122. The molecule has 0 unspecified atom stereocenters. The second-order valence-electron chi connectivity index (χ2n) is 5.31. The van der Waals surface area contributed by atoms with E-state index in [4.69, 9.17) is 0 Å². The van der Waals surface area contributed by atoms with Gasteiger partial charge >= 0.3 is 0 Å². The molecule has 3 rings (SSSR count). The third-order valence-corrected chi connectivity index (χ3v) is 4.54. The van der Waals surface area contributed by atoms with Gasteiger partial charge in [0.1, 0.15) is 6.04 Å². The first-order valence-corrected chi connectivity index (χ1v) is 7.83. The average Bonchev–Trinajstić information content (AvgIpc) is 2.91. The van der Waals surface area contributed by atoms with E-state index in [1.54, 1.807) is 0 Å². The third-order valence-electron chi connectivity index (χ3n) is 3.82. The number of para-hydroxylation sites is 1. The van der Waals surface area contributed by atoms with Crippen molar-refractivity contribution in [3.63, 3.8) is 0 Å². The normalized spacial score (nSPS) is 17.7. The molecule has 0 spiro atoms. The zero-order valence-electron chi connectivity index (χ0n) is 11.8. The van der Waals surface area contributed by atoms with E-state index in [0.717, 1.165) is 22.1 Å². The Morgan fingerprint density at radius 2 is 1.95 bits per heavy atom. The number of carbonyl (C=O) groups excluding carboxylic acids is 1. The Balaban J connectivity index is 1.67. The number of rotatable bonds is 3. The summed E-state index contributed by atoms with van der Waals surface area (Å²) in [6, 6.07) is 15.8. The van der Waals surface area contributed by atoms with Crippen molar-refractivity contribution in [3.8, 4) is 0 Å². The van der Waals surface area contributed by atoms with Crippen molar-refractivity contribution in [3.05, 3.63) is 64.1 Å². The summed E-state index contributed by atoms with van der Waals surface area (Å²) in [7, 11) is 0. The van der Waals surface area contributed by atoms with Crippen LogP contribution in [0.25, 0.3) is 0 Å². The summed E-state index contributed by atoms with van der Waals surface area (Å²) in [5.74, 6) is 0.0365. The van der Waals surface area contributed by atoms with Crippen LogP contribution < -0.4 is 10.6 Å². The molecule has 3 nitrogen and oxygen atoms in total. The summed E-state index contributed by atoms with van der Waals surface area (Å²) in [5.41, 5.74) is 3.35. The number of anilines is 1. The molecule has 4 heteroatoms. The maximum atomic E-state index is 12.4. The van der Waals surface area contributed by atoms with Gasteiger partial charge in [0, 0.05) is 16.6 Å². The third kappa shape index (κ3) is 2.95. The molecule has 2 N–H and O–H groups in total. The van der Waals surface area contributed by atoms with E-state index in [1.165, 1.54) is 5.56 Å². The highest BCUT2D eigenvalue weighted by Gasteiger charge is 2.27. The van der Waals surface area contributed by atoms with Gasteiger partial charge in [-0.25, -0.2) is 0 Å². The SMILES string of the molecule is C[C@H](NC(=O)[C@@H]1Cc2ccccc2N1)c1ccccc1Br. The molecule has 1 heterocycles.